The van der Waals surface area contributed by atoms with Gasteiger partial charge in [-0.2, -0.15) is 0 Å². The number of para-hydroxylation sites is 1. The van der Waals surface area contributed by atoms with Gasteiger partial charge in [-0.1, -0.05) is 29.8 Å². The summed E-state index contributed by atoms with van der Waals surface area (Å²) in [7, 11) is -2.50. The van der Waals surface area contributed by atoms with E-state index in [9.17, 15) is 18.3 Å². The van der Waals surface area contributed by atoms with Gasteiger partial charge >= 0.3 is 5.97 Å². The van der Waals surface area contributed by atoms with Crippen LogP contribution in [0.5, 0.6) is 5.75 Å². The lowest BCUT2D eigenvalue weighted by atomic mass is 10.0. The first-order valence-corrected chi connectivity index (χ1v) is 8.87. The van der Waals surface area contributed by atoms with Crippen LogP contribution >= 0.6 is 11.6 Å². The number of carboxylic acid groups (broad SMARTS) is 1. The molecule has 1 unspecified atom stereocenters. The molecule has 0 saturated carbocycles. The number of sulfonamides is 1. The van der Waals surface area contributed by atoms with E-state index >= 15 is 0 Å². The second-order valence-electron chi connectivity index (χ2n) is 5.24. The molecule has 0 saturated heterocycles. The molecule has 0 aliphatic carbocycles. The third-order valence-electron chi connectivity index (χ3n) is 3.86. The van der Waals surface area contributed by atoms with Crippen molar-refractivity contribution in [3.05, 3.63) is 53.1 Å². The van der Waals surface area contributed by atoms with E-state index in [1.165, 1.54) is 19.2 Å². The fraction of sp³-hybridized carbons (Fsp3) is 0.188. The van der Waals surface area contributed by atoms with E-state index in [1.54, 1.807) is 30.3 Å². The summed E-state index contributed by atoms with van der Waals surface area (Å²) < 4.78 is 32.2. The lowest BCUT2D eigenvalue weighted by Crippen LogP contribution is -2.29. The van der Waals surface area contributed by atoms with Gasteiger partial charge in [0, 0.05) is 5.56 Å². The Morgan fingerprint density at radius 3 is 2.50 bits per heavy atom. The number of anilines is 1. The number of rotatable bonds is 4. The first-order valence-electron chi connectivity index (χ1n) is 7.05. The Hall–Kier alpha value is -2.25. The number of carbonyl (C=O) groups is 1. The van der Waals surface area contributed by atoms with E-state index in [1.807, 2.05) is 0 Å². The van der Waals surface area contributed by atoms with E-state index in [0.717, 1.165) is 4.31 Å². The molecule has 0 radical (unpaired) electrons. The highest BCUT2D eigenvalue weighted by Gasteiger charge is 2.45. The van der Waals surface area contributed by atoms with Gasteiger partial charge in [-0.05, 0) is 24.3 Å². The van der Waals surface area contributed by atoms with Crippen molar-refractivity contribution in [1.29, 1.82) is 0 Å². The molecule has 1 atom stereocenters. The summed E-state index contributed by atoms with van der Waals surface area (Å²) in [4.78, 5) is 11.3. The molecule has 0 bridgehead atoms. The molecule has 1 aliphatic heterocycles. The van der Waals surface area contributed by atoms with Crippen LogP contribution in [0.4, 0.5) is 5.69 Å². The minimum Gasteiger partial charge on any atom is -0.495 e. The molecule has 1 aliphatic rings. The van der Waals surface area contributed by atoms with E-state index in [2.05, 4.69) is 0 Å². The standard InChI is InChI=1S/C16H14ClNO5S/c1-23-12-7-8-13-15(16(12)17)11(9-14(19)20)18(24(13,21)22)10-5-3-2-4-6-10/h2-8,11H,9H2,1H3,(H,19,20). The second-order valence-corrected chi connectivity index (χ2v) is 7.41. The fourth-order valence-electron chi connectivity index (χ4n) is 2.88. The highest BCUT2D eigenvalue weighted by molar-refractivity contribution is 7.93. The molecule has 0 aromatic heterocycles. The van der Waals surface area contributed by atoms with Crippen LogP contribution in [0.25, 0.3) is 0 Å². The molecular weight excluding hydrogens is 354 g/mol. The fourth-order valence-corrected chi connectivity index (χ4v) is 5.19. The Morgan fingerprint density at radius 2 is 1.92 bits per heavy atom. The van der Waals surface area contributed by atoms with Crippen molar-refractivity contribution in [1.82, 2.24) is 0 Å². The lowest BCUT2D eigenvalue weighted by molar-refractivity contribution is -0.137. The van der Waals surface area contributed by atoms with E-state index in [4.69, 9.17) is 16.3 Å². The summed E-state index contributed by atoms with van der Waals surface area (Å²) in [5.41, 5.74) is 0.636. The Balaban J connectivity index is 2.28. The smallest absolute Gasteiger partial charge is 0.305 e. The molecule has 24 heavy (non-hydrogen) atoms. The number of halogens is 1. The van der Waals surface area contributed by atoms with Crippen molar-refractivity contribution < 1.29 is 23.1 Å². The Kier molecular flexibility index (Phi) is 4.15. The topological polar surface area (TPSA) is 83.9 Å². The lowest BCUT2D eigenvalue weighted by Gasteiger charge is -2.24. The zero-order valence-electron chi connectivity index (χ0n) is 12.6. The molecule has 0 amide bonds. The van der Waals surface area contributed by atoms with Gasteiger partial charge < -0.3 is 9.84 Å². The van der Waals surface area contributed by atoms with Crippen LogP contribution < -0.4 is 9.04 Å². The average molecular weight is 368 g/mol. The van der Waals surface area contributed by atoms with Crippen LogP contribution in [0.15, 0.2) is 47.4 Å². The molecule has 3 rings (SSSR count). The minimum atomic E-state index is -3.91. The summed E-state index contributed by atoms with van der Waals surface area (Å²) in [5.74, 6) is -0.821. The molecule has 0 spiro atoms. The van der Waals surface area contributed by atoms with Crippen molar-refractivity contribution in [3.63, 3.8) is 0 Å². The zero-order valence-corrected chi connectivity index (χ0v) is 14.2. The number of carboxylic acids is 1. The molecule has 6 nitrogen and oxygen atoms in total. The average Bonchev–Trinajstić information content (AvgIpc) is 2.76. The second kappa shape index (κ2) is 5.99. The van der Waals surface area contributed by atoms with Crippen molar-refractivity contribution in [2.24, 2.45) is 0 Å². The highest BCUT2D eigenvalue weighted by atomic mass is 35.5. The molecular formula is C16H14ClNO5S. The number of aliphatic carboxylic acids is 1. The molecule has 126 valence electrons. The van der Waals surface area contributed by atoms with Gasteiger partial charge in [0.25, 0.3) is 10.0 Å². The summed E-state index contributed by atoms with van der Waals surface area (Å²) in [6.07, 6.45) is -0.409. The van der Waals surface area contributed by atoms with Crippen LogP contribution in [0.3, 0.4) is 0 Å². The molecule has 2 aromatic rings. The quantitative estimate of drug-likeness (QED) is 0.897. The van der Waals surface area contributed by atoms with Crippen LogP contribution in [-0.4, -0.2) is 26.6 Å². The Labute approximate surface area is 144 Å². The van der Waals surface area contributed by atoms with E-state index in [0.29, 0.717) is 11.4 Å². The van der Waals surface area contributed by atoms with Gasteiger partial charge in [0.15, 0.2) is 0 Å². The molecule has 0 fully saturated rings. The molecule has 1 N–H and O–H groups in total. The van der Waals surface area contributed by atoms with Crippen LogP contribution in [0.2, 0.25) is 5.02 Å². The number of ether oxygens (including phenoxy) is 1. The molecule has 2 aromatic carbocycles. The van der Waals surface area contributed by atoms with Crippen LogP contribution in [0.1, 0.15) is 18.0 Å². The van der Waals surface area contributed by atoms with Gasteiger partial charge in [-0.3, -0.25) is 9.10 Å². The maximum Gasteiger partial charge on any atom is 0.305 e. The van der Waals surface area contributed by atoms with Crippen molar-refractivity contribution in [2.45, 2.75) is 17.4 Å². The summed E-state index contributed by atoms with van der Waals surface area (Å²) in [6.45, 7) is 0. The number of nitrogens with zero attached hydrogens (tertiary/aromatic N) is 1. The predicted octanol–water partition coefficient (Wildman–Crippen LogP) is 3.07. The maximum atomic E-state index is 13.0. The molecule has 8 heteroatoms. The van der Waals surface area contributed by atoms with Gasteiger partial charge in [0.2, 0.25) is 0 Å². The normalized spacial score (nSPS) is 18.2. The zero-order chi connectivity index (χ0) is 17.5. The van der Waals surface area contributed by atoms with Gasteiger partial charge in [-0.15, -0.1) is 0 Å². The third-order valence-corrected chi connectivity index (χ3v) is 6.14. The number of hydrogen-bond donors (Lipinski definition) is 1. The van der Waals surface area contributed by atoms with Crippen molar-refractivity contribution in [2.75, 3.05) is 11.4 Å². The number of fused-ring (bicyclic) bond motifs is 1. The predicted molar refractivity (Wildman–Crippen MR) is 89.1 cm³/mol. The van der Waals surface area contributed by atoms with Gasteiger partial charge in [0.1, 0.15) is 5.75 Å². The van der Waals surface area contributed by atoms with Gasteiger partial charge in [-0.25, -0.2) is 8.42 Å². The first kappa shape index (κ1) is 16.6. The monoisotopic (exact) mass is 367 g/mol. The van der Waals surface area contributed by atoms with E-state index in [-0.39, 0.29) is 15.5 Å². The Morgan fingerprint density at radius 1 is 1.25 bits per heavy atom. The highest BCUT2D eigenvalue weighted by Crippen LogP contribution is 2.49. The number of hydrogen-bond acceptors (Lipinski definition) is 4. The van der Waals surface area contributed by atoms with E-state index < -0.39 is 28.5 Å². The maximum absolute atomic E-state index is 13.0. The van der Waals surface area contributed by atoms with Gasteiger partial charge in [0.05, 0.1) is 35.2 Å². The molecule has 1 heterocycles. The summed E-state index contributed by atoms with van der Waals surface area (Å²) >= 11 is 6.30. The minimum absolute atomic E-state index is 0.00315. The number of benzene rings is 2. The Bertz CT molecular complexity index is 898. The van der Waals surface area contributed by atoms with Crippen molar-refractivity contribution >= 4 is 33.3 Å². The third kappa shape index (κ3) is 2.50. The largest absolute Gasteiger partial charge is 0.495 e. The van der Waals surface area contributed by atoms with Crippen molar-refractivity contribution in [3.8, 4) is 5.75 Å². The number of methoxy groups -OCH3 is 1. The summed E-state index contributed by atoms with van der Waals surface area (Å²) in [6, 6.07) is 10.3. The summed E-state index contributed by atoms with van der Waals surface area (Å²) in [5, 5.41) is 9.37. The first-order chi connectivity index (χ1) is 11.4. The SMILES string of the molecule is COc1ccc2c(c1Cl)C(CC(=O)O)N(c1ccccc1)S2(=O)=O. The van der Waals surface area contributed by atoms with Crippen LogP contribution in [-0.2, 0) is 14.8 Å². The van der Waals surface area contributed by atoms with Crippen LogP contribution in [0, 0.1) is 0 Å².